The molecule has 1 atom stereocenters. The second-order valence-corrected chi connectivity index (χ2v) is 7.64. The standard InChI is InChI=1S/C21H25N3O6/c1-12-7-5-6-8-13(12)11-23-18(26)15(17(25)16(22)20(28)29)19(27)24(21(23)30)14-9-3-2-4-10-14/h5-8,14,16,27H,2-4,9-11,22H2,1H3,(H,28,29). The number of nitrogens with zero attached hydrogens (tertiary/aromatic N) is 2. The van der Waals surface area contributed by atoms with E-state index in [0.29, 0.717) is 18.4 Å². The maximum absolute atomic E-state index is 13.2. The minimum Gasteiger partial charge on any atom is -0.494 e. The number of carboxylic acid groups (broad SMARTS) is 1. The summed E-state index contributed by atoms with van der Waals surface area (Å²) in [7, 11) is 0. The van der Waals surface area contributed by atoms with Crippen LogP contribution in [0.15, 0.2) is 33.9 Å². The second-order valence-electron chi connectivity index (χ2n) is 7.64. The molecule has 0 amide bonds. The van der Waals surface area contributed by atoms with Crippen LogP contribution in [-0.4, -0.2) is 37.1 Å². The van der Waals surface area contributed by atoms with Crippen LogP contribution in [0.3, 0.4) is 0 Å². The number of ketones is 1. The number of carbonyl (C=O) groups excluding carboxylic acids is 1. The number of Topliss-reactive ketones (excluding diaryl/α,β-unsaturated/α-hetero) is 1. The summed E-state index contributed by atoms with van der Waals surface area (Å²) in [6.45, 7) is 1.72. The molecule has 160 valence electrons. The monoisotopic (exact) mass is 415 g/mol. The SMILES string of the molecule is Cc1ccccc1Cn1c(=O)c(C(=O)C(N)C(=O)O)c(O)n(C2CCCCC2)c1=O. The molecule has 3 rings (SSSR count). The molecule has 1 fully saturated rings. The quantitative estimate of drug-likeness (QED) is 0.474. The molecule has 0 radical (unpaired) electrons. The van der Waals surface area contributed by atoms with Gasteiger partial charge in [0, 0.05) is 6.04 Å². The average Bonchev–Trinajstić information content (AvgIpc) is 2.72. The van der Waals surface area contributed by atoms with E-state index >= 15 is 0 Å². The highest BCUT2D eigenvalue weighted by molar-refractivity contribution is 6.12. The zero-order valence-corrected chi connectivity index (χ0v) is 16.7. The van der Waals surface area contributed by atoms with E-state index in [1.54, 1.807) is 12.1 Å². The van der Waals surface area contributed by atoms with Crippen molar-refractivity contribution in [2.75, 3.05) is 0 Å². The Morgan fingerprint density at radius 2 is 1.80 bits per heavy atom. The molecule has 2 aromatic rings. The lowest BCUT2D eigenvalue weighted by atomic mass is 9.95. The molecule has 1 aromatic heterocycles. The van der Waals surface area contributed by atoms with Crippen molar-refractivity contribution in [1.82, 2.24) is 9.13 Å². The van der Waals surface area contributed by atoms with E-state index in [1.807, 2.05) is 19.1 Å². The number of carbonyl (C=O) groups is 2. The summed E-state index contributed by atoms with van der Waals surface area (Å²) >= 11 is 0. The fourth-order valence-electron chi connectivity index (χ4n) is 3.91. The summed E-state index contributed by atoms with van der Waals surface area (Å²) in [6, 6.07) is 4.76. The summed E-state index contributed by atoms with van der Waals surface area (Å²) < 4.78 is 1.93. The van der Waals surface area contributed by atoms with Gasteiger partial charge in [0.25, 0.3) is 5.56 Å². The summed E-state index contributed by atoms with van der Waals surface area (Å²) in [4.78, 5) is 50.1. The van der Waals surface area contributed by atoms with E-state index in [0.717, 1.165) is 34.0 Å². The van der Waals surface area contributed by atoms with E-state index in [-0.39, 0.29) is 12.6 Å². The lowest BCUT2D eigenvalue weighted by Crippen LogP contribution is -2.48. The molecule has 1 aliphatic carbocycles. The van der Waals surface area contributed by atoms with E-state index in [2.05, 4.69) is 0 Å². The molecule has 9 nitrogen and oxygen atoms in total. The Morgan fingerprint density at radius 1 is 1.17 bits per heavy atom. The van der Waals surface area contributed by atoms with Gasteiger partial charge in [0.1, 0.15) is 5.56 Å². The Balaban J connectivity index is 2.25. The minimum absolute atomic E-state index is 0.111. The molecule has 1 saturated carbocycles. The van der Waals surface area contributed by atoms with Gasteiger partial charge in [-0.2, -0.15) is 0 Å². The van der Waals surface area contributed by atoms with Gasteiger partial charge in [0.05, 0.1) is 6.54 Å². The molecule has 0 spiro atoms. The molecule has 1 unspecified atom stereocenters. The van der Waals surface area contributed by atoms with Crippen molar-refractivity contribution in [2.45, 2.75) is 57.7 Å². The first-order valence-corrected chi connectivity index (χ1v) is 9.89. The van der Waals surface area contributed by atoms with Crippen molar-refractivity contribution in [2.24, 2.45) is 5.73 Å². The number of hydrogen-bond acceptors (Lipinski definition) is 6. The maximum atomic E-state index is 13.2. The van der Waals surface area contributed by atoms with Crippen LogP contribution >= 0.6 is 0 Å². The number of benzene rings is 1. The number of aryl methyl sites for hydroxylation is 1. The van der Waals surface area contributed by atoms with Crippen LogP contribution in [0.25, 0.3) is 0 Å². The minimum atomic E-state index is -2.02. The molecular weight excluding hydrogens is 390 g/mol. The lowest BCUT2D eigenvalue weighted by molar-refractivity contribution is -0.137. The summed E-state index contributed by atoms with van der Waals surface area (Å²) in [5.41, 5.74) is 4.43. The molecular formula is C21H25N3O6. The van der Waals surface area contributed by atoms with Crippen molar-refractivity contribution in [3.8, 4) is 5.88 Å². The number of aliphatic carboxylic acids is 1. The van der Waals surface area contributed by atoms with Gasteiger partial charge in [-0.25, -0.2) is 4.79 Å². The molecule has 0 saturated heterocycles. The van der Waals surface area contributed by atoms with Gasteiger partial charge < -0.3 is 15.9 Å². The highest BCUT2D eigenvalue weighted by Gasteiger charge is 2.33. The first kappa shape index (κ1) is 21.5. The first-order valence-electron chi connectivity index (χ1n) is 9.89. The normalized spacial score (nSPS) is 15.7. The fraction of sp³-hybridized carbons (Fsp3) is 0.429. The van der Waals surface area contributed by atoms with Crippen LogP contribution in [0.1, 0.15) is 59.6 Å². The zero-order chi connectivity index (χ0) is 22.0. The highest BCUT2D eigenvalue weighted by Crippen LogP contribution is 2.30. The molecule has 4 N–H and O–H groups in total. The van der Waals surface area contributed by atoms with Crippen LogP contribution in [0.2, 0.25) is 0 Å². The van der Waals surface area contributed by atoms with Gasteiger partial charge in [-0.05, 0) is 30.9 Å². The average molecular weight is 415 g/mol. The third-order valence-corrected chi connectivity index (χ3v) is 5.67. The largest absolute Gasteiger partial charge is 0.494 e. The van der Waals surface area contributed by atoms with Gasteiger partial charge in [0.15, 0.2) is 6.04 Å². The molecule has 1 aromatic carbocycles. The predicted octanol–water partition coefficient (Wildman–Crippen LogP) is 1.17. The van der Waals surface area contributed by atoms with Crippen molar-refractivity contribution in [3.05, 3.63) is 61.8 Å². The molecule has 1 heterocycles. The maximum Gasteiger partial charge on any atom is 0.334 e. The van der Waals surface area contributed by atoms with Crippen molar-refractivity contribution < 1.29 is 19.8 Å². The fourth-order valence-corrected chi connectivity index (χ4v) is 3.91. The lowest BCUT2D eigenvalue weighted by Gasteiger charge is -2.26. The van der Waals surface area contributed by atoms with Gasteiger partial charge in [-0.3, -0.25) is 23.5 Å². The van der Waals surface area contributed by atoms with E-state index in [9.17, 15) is 24.3 Å². The number of nitrogens with two attached hydrogens (primary N) is 1. The smallest absolute Gasteiger partial charge is 0.334 e. The van der Waals surface area contributed by atoms with Crippen LogP contribution < -0.4 is 17.0 Å². The molecule has 9 heteroatoms. The Morgan fingerprint density at radius 3 is 2.40 bits per heavy atom. The number of hydrogen-bond donors (Lipinski definition) is 3. The van der Waals surface area contributed by atoms with Gasteiger partial charge >= 0.3 is 11.7 Å². The van der Waals surface area contributed by atoms with Gasteiger partial charge in [0.2, 0.25) is 11.7 Å². The summed E-state index contributed by atoms with van der Waals surface area (Å²) in [5, 5.41) is 19.8. The van der Waals surface area contributed by atoms with Crippen LogP contribution in [0, 0.1) is 6.92 Å². The number of carboxylic acids is 1. The van der Waals surface area contributed by atoms with E-state index in [4.69, 9.17) is 10.8 Å². The van der Waals surface area contributed by atoms with Crippen LogP contribution in [0.4, 0.5) is 0 Å². The van der Waals surface area contributed by atoms with Crippen LogP contribution in [-0.2, 0) is 11.3 Å². The Labute approximate surface area is 172 Å². The number of rotatable bonds is 6. The van der Waals surface area contributed by atoms with Crippen molar-refractivity contribution in [3.63, 3.8) is 0 Å². The van der Waals surface area contributed by atoms with Crippen LogP contribution in [0.5, 0.6) is 5.88 Å². The second kappa shape index (κ2) is 8.66. The summed E-state index contributed by atoms with van der Waals surface area (Å²) in [5.74, 6) is -3.66. The van der Waals surface area contributed by atoms with Crippen molar-refractivity contribution >= 4 is 11.8 Å². The molecule has 30 heavy (non-hydrogen) atoms. The third-order valence-electron chi connectivity index (χ3n) is 5.67. The molecule has 0 bridgehead atoms. The van der Waals surface area contributed by atoms with Gasteiger partial charge in [-0.1, -0.05) is 43.5 Å². The molecule has 1 aliphatic rings. The van der Waals surface area contributed by atoms with Crippen molar-refractivity contribution in [1.29, 1.82) is 0 Å². The number of aromatic hydroxyl groups is 1. The number of aromatic nitrogens is 2. The highest BCUT2D eigenvalue weighted by atomic mass is 16.4. The van der Waals surface area contributed by atoms with E-state index < -0.39 is 40.5 Å². The zero-order valence-electron chi connectivity index (χ0n) is 16.7. The molecule has 0 aliphatic heterocycles. The first-order chi connectivity index (χ1) is 14.2. The van der Waals surface area contributed by atoms with Gasteiger partial charge in [-0.15, -0.1) is 0 Å². The predicted molar refractivity (Wildman–Crippen MR) is 109 cm³/mol. The Bertz CT molecular complexity index is 1090. The Hall–Kier alpha value is -3.20. The summed E-state index contributed by atoms with van der Waals surface area (Å²) in [6.07, 6.45) is 3.88. The van der Waals surface area contributed by atoms with E-state index in [1.165, 1.54) is 0 Å². The third kappa shape index (κ3) is 3.93. The Kier molecular flexibility index (Phi) is 6.21. The topological polar surface area (TPSA) is 145 Å².